The van der Waals surface area contributed by atoms with E-state index in [1.165, 1.54) is 22.3 Å². The van der Waals surface area contributed by atoms with Gasteiger partial charge in [0, 0.05) is 5.56 Å². The molecule has 8 heteroatoms. The predicted octanol–water partition coefficient (Wildman–Crippen LogP) is 5.86. The van der Waals surface area contributed by atoms with Gasteiger partial charge in [0.1, 0.15) is 29.8 Å². The third kappa shape index (κ3) is 5.82. The molecule has 2 aromatic carbocycles. The highest BCUT2D eigenvalue weighted by molar-refractivity contribution is 8.26. The summed E-state index contributed by atoms with van der Waals surface area (Å²) in [5.41, 5.74) is 2.23. The Balaban J connectivity index is 1.41. The summed E-state index contributed by atoms with van der Waals surface area (Å²) in [7, 11) is 0. The van der Waals surface area contributed by atoms with Gasteiger partial charge in [-0.3, -0.25) is 10.2 Å². The Bertz CT molecular complexity index is 1210. The highest BCUT2D eigenvalue weighted by Crippen LogP contribution is 2.31. The number of para-hydroxylation sites is 1. The maximum absolute atomic E-state index is 12.7. The molecule has 0 unspecified atom stereocenters. The summed E-state index contributed by atoms with van der Waals surface area (Å²) in [6, 6.07) is 15.5. The monoisotopic (exact) mass is 490 g/mol. The summed E-state index contributed by atoms with van der Waals surface area (Å²) in [5, 5.41) is 15.7. The number of ether oxygens (including phenoxy) is 2. The van der Waals surface area contributed by atoms with E-state index in [0.717, 1.165) is 23.6 Å². The lowest BCUT2D eigenvalue weighted by Gasteiger charge is -2.20. The molecule has 2 aliphatic rings. The van der Waals surface area contributed by atoms with E-state index in [-0.39, 0.29) is 16.8 Å². The highest BCUT2D eigenvalue weighted by atomic mass is 32.2. The molecular weight excluding hydrogens is 460 g/mol. The molecule has 2 aliphatic heterocycles. The Morgan fingerprint density at radius 1 is 1.06 bits per heavy atom. The molecule has 0 aromatic heterocycles. The zero-order chi connectivity index (χ0) is 25.0. The minimum Gasteiger partial charge on any atom is -0.490 e. The predicted molar refractivity (Wildman–Crippen MR) is 142 cm³/mol. The van der Waals surface area contributed by atoms with Crippen LogP contribution in [0.5, 0.6) is 11.5 Å². The van der Waals surface area contributed by atoms with Crippen molar-refractivity contribution in [2.75, 3.05) is 13.2 Å². The number of amidine groups is 2. The smallest absolute Gasteiger partial charge is 0.283 e. The van der Waals surface area contributed by atoms with Gasteiger partial charge in [-0.25, -0.2) is 0 Å². The van der Waals surface area contributed by atoms with E-state index in [1.54, 1.807) is 6.08 Å². The highest BCUT2D eigenvalue weighted by Gasteiger charge is 2.35. The van der Waals surface area contributed by atoms with Gasteiger partial charge in [0.25, 0.3) is 5.91 Å². The van der Waals surface area contributed by atoms with Crippen molar-refractivity contribution in [1.82, 2.24) is 5.01 Å². The summed E-state index contributed by atoms with van der Waals surface area (Å²) < 4.78 is 11.8. The van der Waals surface area contributed by atoms with E-state index in [0.29, 0.717) is 29.7 Å². The number of hydrogen-bond acceptors (Lipinski definition) is 6. The molecule has 0 atom stereocenters. The lowest BCUT2D eigenvalue weighted by molar-refractivity contribution is -0.114. The van der Waals surface area contributed by atoms with E-state index in [2.05, 4.69) is 49.9 Å². The molecule has 2 heterocycles. The Labute approximate surface area is 210 Å². The number of nitrogens with one attached hydrogen (secondary N) is 1. The molecular formula is C27H30N4O3S. The van der Waals surface area contributed by atoms with E-state index < -0.39 is 5.91 Å². The first-order valence-corrected chi connectivity index (χ1v) is 12.5. The number of fused-ring (bicyclic) bond motifs is 1. The van der Waals surface area contributed by atoms with Crippen molar-refractivity contribution in [3.63, 3.8) is 0 Å². The number of carbonyl (C=O) groups excluding carboxylic acids is 1. The van der Waals surface area contributed by atoms with Gasteiger partial charge in [-0.05, 0) is 59.9 Å². The van der Waals surface area contributed by atoms with Crippen molar-refractivity contribution in [2.24, 2.45) is 10.1 Å². The van der Waals surface area contributed by atoms with E-state index in [1.807, 2.05) is 36.4 Å². The Kier molecular flexibility index (Phi) is 7.40. The van der Waals surface area contributed by atoms with Crippen molar-refractivity contribution in [1.29, 1.82) is 5.41 Å². The van der Waals surface area contributed by atoms with Crippen molar-refractivity contribution >= 4 is 39.8 Å². The minimum absolute atomic E-state index is 0.0236. The van der Waals surface area contributed by atoms with Crippen LogP contribution in [0, 0.1) is 5.41 Å². The number of amides is 1. The number of nitrogens with zero attached hydrogens (tertiary/aromatic N) is 3. The molecule has 0 bridgehead atoms. The van der Waals surface area contributed by atoms with Crippen molar-refractivity contribution < 1.29 is 14.3 Å². The molecule has 35 heavy (non-hydrogen) atoms. The second-order valence-corrected chi connectivity index (χ2v) is 10.3. The minimum atomic E-state index is -0.446. The first-order chi connectivity index (χ1) is 16.8. The number of aliphatic imine (C=N–C) groups is 1. The topological polar surface area (TPSA) is 87.3 Å². The van der Waals surface area contributed by atoms with Gasteiger partial charge in [0.15, 0.2) is 5.84 Å². The summed E-state index contributed by atoms with van der Waals surface area (Å²) in [4.78, 5) is 16.8. The first-order valence-electron chi connectivity index (χ1n) is 11.7. The van der Waals surface area contributed by atoms with Gasteiger partial charge in [-0.15, -0.1) is 0 Å². The van der Waals surface area contributed by atoms with Crippen LogP contribution >= 0.6 is 11.8 Å². The normalized spacial score (nSPS) is 16.8. The van der Waals surface area contributed by atoms with Crippen LogP contribution in [0.25, 0.3) is 6.08 Å². The van der Waals surface area contributed by atoms with Gasteiger partial charge >= 0.3 is 0 Å². The molecule has 0 aliphatic carbocycles. The molecule has 1 amide bonds. The second kappa shape index (κ2) is 10.5. The average molecular weight is 491 g/mol. The lowest BCUT2D eigenvalue weighted by Crippen LogP contribution is -2.35. The third-order valence-corrected chi connectivity index (χ3v) is 6.48. The Hall–Kier alpha value is -3.39. The molecule has 2 aromatic rings. The molecule has 7 nitrogen and oxygen atoms in total. The summed E-state index contributed by atoms with van der Waals surface area (Å²) in [6.45, 7) is 9.31. The maximum atomic E-state index is 12.7. The van der Waals surface area contributed by atoms with Crippen LogP contribution in [0.1, 0.15) is 51.7 Å². The van der Waals surface area contributed by atoms with Crippen LogP contribution in [0.3, 0.4) is 0 Å². The van der Waals surface area contributed by atoms with E-state index in [9.17, 15) is 4.79 Å². The average Bonchev–Trinajstić information content (AvgIpc) is 3.23. The largest absolute Gasteiger partial charge is 0.490 e. The van der Waals surface area contributed by atoms with Crippen LogP contribution < -0.4 is 9.47 Å². The molecule has 0 saturated heterocycles. The number of benzene rings is 2. The molecule has 0 fully saturated rings. The fraction of sp³-hybridized carbons (Fsp3) is 0.333. The van der Waals surface area contributed by atoms with Gasteiger partial charge in [0.05, 0.1) is 5.57 Å². The number of hydrogen-bond donors (Lipinski definition) is 1. The number of carbonyl (C=O) groups is 1. The van der Waals surface area contributed by atoms with Gasteiger partial charge < -0.3 is 9.47 Å². The Morgan fingerprint density at radius 3 is 2.49 bits per heavy atom. The van der Waals surface area contributed by atoms with Crippen molar-refractivity contribution in [2.45, 2.75) is 46.0 Å². The van der Waals surface area contributed by atoms with Crippen LogP contribution in [0.15, 0.2) is 64.2 Å². The maximum Gasteiger partial charge on any atom is 0.283 e. The molecule has 182 valence electrons. The summed E-state index contributed by atoms with van der Waals surface area (Å²) in [5.74, 6) is 0.973. The Morgan fingerprint density at radius 2 is 1.77 bits per heavy atom. The first kappa shape index (κ1) is 24.7. The quantitative estimate of drug-likeness (QED) is 0.370. The SMILES string of the molecule is CCCC1=NN2C(=N)/C(=C/c3ccccc3OCCOc3ccc(C(C)(C)C)cc3)C(=O)N=C2S1. The third-order valence-electron chi connectivity index (χ3n) is 5.51. The van der Waals surface area contributed by atoms with Crippen molar-refractivity contribution in [3.8, 4) is 11.5 Å². The second-order valence-electron chi connectivity index (χ2n) is 9.27. The van der Waals surface area contributed by atoms with Crippen molar-refractivity contribution in [3.05, 3.63) is 65.2 Å². The molecule has 0 radical (unpaired) electrons. The molecule has 0 spiro atoms. The van der Waals surface area contributed by atoms with Gasteiger partial charge in [0.2, 0.25) is 5.17 Å². The lowest BCUT2D eigenvalue weighted by atomic mass is 9.87. The van der Waals surface area contributed by atoms with Crippen LogP contribution in [-0.4, -0.2) is 40.2 Å². The van der Waals surface area contributed by atoms with Gasteiger partial charge in [-0.1, -0.05) is 58.0 Å². The van der Waals surface area contributed by atoms with Crippen LogP contribution in [0.4, 0.5) is 0 Å². The van der Waals surface area contributed by atoms with E-state index >= 15 is 0 Å². The number of hydrazone groups is 1. The summed E-state index contributed by atoms with van der Waals surface area (Å²) >= 11 is 1.35. The van der Waals surface area contributed by atoms with E-state index in [4.69, 9.17) is 14.9 Å². The number of thioether (sulfide) groups is 1. The molecule has 4 rings (SSSR count). The standard InChI is InChI=1S/C27H30N4O3S/c1-5-8-23-30-31-24(28)21(25(32)29-26(31)35-23)17-18-9-6-7-10-22(18)34-16-15-33-20-13-11-19(12-14-20)27(2,3)4/h6-7,9-14,17,28H,5,8,15-16H2,1-4H3/b21-17-,28-24?. The summed E-state index contributed by atoms with van der Waals surface area (Å²) in [6.07, 6.45) is 3.37. The zero-order valence-electron chi connectivity index (χ0n) is 20.5. The molecule has 1 N–H and O–H groups in total. The zero-order valence-corrected chi connectivity index (χ0v) is 21.3. The fourth-order valence-electron chi connectivity index (χ4n) is 3.60. The fourth-order valence-corrected chi connectivity index (χ4v) is 4.58. The number of rotatable bonds is 8. The van der Waals surface area contributed by atoms with Crippen LogP contribution in [-0.2, 0) is 10.2 Å². The van der Waals surface area contributed by atoms with Gasteiger partial charge in [-0.2, -0.15) is 15.1 Å². The molecule has 0 saturated carbocycles. The van der Waals surface area contributed by atoms with Crippen LogP contribution in [0.2, 0.25) is 0 Å².